The van der Waals surface area contributed by atoms with Gasteiger partial charge in [-0.05, 0) is 55.3 Å². The number of aromatic nitrogens is 1. The summed E-state index contributed by atoms with van der Waals surface area (Å²) in [6.45, 7) is 4.15. The first-order chi connectivity index (χ1) is 15.9. The van der Waals surface area contributed by atoms with Crippen LogP contribution in [-0.2, 0) is 10.8 Å². The molecule has 2 heterocycles. The summed E-state index contributed by atoms with van der Waals surface area (Å²) in [4.78, 5) is 5.34. The highest BCUT2D eigenvalue weighted by Gasteiger charge is 2.20. The summed E-state index contributed by atoms with van der Waals surface area (Å²) in [7, 11) is -1.17. The van der Waals surface area contributed by atoms with Crippen LogP contribution < -0.4 is 5.32 Å². The second-order valence-electron chi connectivity index (χ2n) is 8.20. The van der Waals surface area contributed by atoms with E-state index in [0.29, 0.717) is 9.92 Å². The normalized spacial score (nSPS) is 13.3. The van der Waals surface area contributed by atoms with Crippen molar-refractivity contribution in [2.45, 2.75) is 24.8 Å². The fraction of sp³-hybridized carbons (Fsp3) is 0.148. The van der Waals surface area contributed by atoms with E-state index in [-0.39, 0.29) is 6.04 Å². The first-order valence-electron chi connectivity index (χ1n) is 10.7. The van der Waals surface area contributed by atoms with E-state index in [4.69, 9.17) is 16.0 Å². The van der Waals surface area contributed by atoms with Crippen LogP contribution in [0.5, 0.6) is 0 Å². The number of nitrogens with zero attached hydrogens (tertiary/aromatic N) is 1. The van der Waals surface area contributed by atoms with E-state index in [2.05, 4.69) is 48.4 Å². The molecule has 6 heteroatoms. The predicted molar refractivity (Wildman–Crippen MR) is 138 cm³/mol. The van der Waals surface area contributed by atoms with Crippen molar-refractivity contribution in [1.29, 1.82) is 0 Å². The molecule has 0 radical (unpaired) electrons. The van der Waals surface area contributed by atoms with E-state index in [0.717, 1.165) is 50.0 Å². The number of anilines is 1. The second-order valence-corrected chi connectivity index (χ2v) is 9.98. The molecule has 0 aliphatic heterocycles. The molecule has 0 bridgehead atoms. The summed E-state index contributed by atoms with van der Waals surface area (Å²) in [6.07, 6.45) is 3.49. The van der Waals surface area contributed by atoms with Crippen molar-refractivity contribution in [2.24, 2.45) is 0 Å². The Labute approximate surface area is 200 Å². The van der Waals surface area contributed by atoms with Crippen LogP contribution in [0.1, 0.15) is 24.1 Å². The number of aryl methyl sites for hydroxylation is 1. The second kappa shape index (κ2) is 8.65. The third kappa shape index (κ3) is 4.03. The molecule has 0 fully saturated rings. The first-order valence-corrected chi connectivity index (χ1v) is 12.6. The Balaban J connectivity index is 1.66. The van der Waals surface area contributed by atoms with E-state index in [9.17, 15) is 4.21 Å². The molecule has 0 spiro atoms. The molecule has 2 unspecified atom stereocenters. The van der Waals surface area contributed by atoms with Gasteiger partial charge in [-0.3, -0.25) is 9.19 Å². The smallest absolute Gasteiger partial charge is 0.161 e. The van der Waals surface area contributed by atoms with Crippen LogP contribution in [0.15, 0.2) is 82.2 Å². The standard InChI is InChI=1S/C27H23ClN2O2S/c1-16-13-21(17(2)30-23-10-9-19(28)15-24(23)33(3)31)26-22(14-16)25-27(32-26)20(11-12-29-25)18-7-5-4-6-8-18/h4-15,17,30H,1-3H3. The molecule has 166 valence electrons. The van der Waals surface area contributed by atoms with E-state index in [1.807, 2.05) is 36.5 Å². The van der Waals surface area contributed by atoms with Crippen molar-refractivity contribution >= 4 is 50.2 Å². The minimum absolute atomic E-state index is 0.100. The third-order valence-electron chi connectivity index (χ3n) is 5.80. The number of rotatable bonds is 5. The maximum Gasteiger partial charge on any atom is 0.161 e. The third-order valence-corrected chi connectivity index (χ3v) is 6.99. The Morgan fingerprint density at radius 2 is 1.82 bits per heavy atom. The summed E-state index contributed by atoms with van der Waals surface area (Å²) in [5, 5.41) is 5.06. The summed E-state index contributed by atoms with van der Waals surface area (Å²) in [6, 6.07) is 21.8. The molecule has 1 N–H and O–H groups in total. The first kappa shape index (κ1) is 21.7. The largest absolute Gasteiger partial charge is 0.453 e. The fourth-order valence-electron chi connectivity index (χ4n) is 4.27. The van der Waals surface area contributed by atoms with Gasteiger partial charge in [-0.15, -0.1) is 0 Å². The molecule has 0 saturated carbocycles. The molecule has 4 nitrogen and oxygen atoms in total. The van der Waals surface area contributed by atoms with Gasteiger partial charge in [-0.25, -0.2) is 0 Å². The van der Waals surface area contributed by atoms with Crippen LogP contribution >= 0.6 is 11.6 Å². The van der Waals surface area contributed by atoms with E-state index >= 15 is 0 Å². The molecule has 2 atom stereocenters. The zero-order valence-corrected chi connectivity index (χ0v) is 20.1. The van der Waals surface area contributed by atoms with Crippen LogP contribution in [0.3, 0.4) is 0 Å². The molecule has 0 aliphatic rings. The topological polar surface area (TPSA) is 55.1 Å². The molecule has 33 heavy (non-hydrogen) atoms. The number of fused-ring (bicyclic) bond motifs is 3. The van der Waals surface area contributed by atoms with Gasteiger partial charge in [0.05, 0.1) is 27.4 Å². The zero-order chi connectivity index (χ0) is 23.1. The molecule has 3 aromatic carbocycles. The van der Waals surface area contributed by atoms with Gasteiger partial charge in [0.1, 0.15) is 11.1 Å². The summed E-state index contributed by atoms with van der Waals surface area (Å²) < 4.78 is 18.8. The number of hydrogen-bond donors (Lipinski definition) is 1. The van der Waals surface area contributed by atoms with E-state index in [1.165, 1.54) is 0 Å². The minimum Gasteiger partial charge on any atom is -0.453 e. The summed E-state index contributed by atoms with van der Waals surface area (Å²) in [5.41, 5.74) is 7.47. The van der Waals surface area contributed by atoms with Gasteiger partial charge in [-0.1, -0.05) is 48.0 Å². The Hall–Kier alpha value is -3.15. The monoisotopic (exact) mass is 474 g/mol. The Morgan fingerprint density at radius 1 is 1.03 bits per heavy atom. The number of pyridine rings is 1. The highest BCUT2D eigenvalue weighted by molar-refractivity contribution is 7.84. The lowest BCUT2D eigenvalue weighted by molar-refractivity contribution is 0.658. The van der Waals surface area contributed by atoms with Gasteiger partial charge in [0.15, 0.2) is 5.58 Å². The van der Waals surface area contributed by atoms with Crippen molar-refractivity contribution in [3.8, 4) is 11.1 Å². The number of halogens is 1. The molecule has 2 aromatic heterocycles. The van der Waals surface area contributed by atoms with E-state index < -0.39 is 10.8 Å². The minimum atomic E-state index is -1.17. The lowest BCUT2D eigenvalue weighted by atomic mass is 10.0. The Bertz CT molecular complexity index is 1510. The van der Waals surface area contributed by atoms with Gasteiger partial charge >= 0.3 is 0 Å². The quantitative estimate of drug-likeness (QED) is 0.286. The van der Waals surface area contributed by atoms with Crippen LogP contribution in [0.4, 0.5) is 5.69 Å². The maximum absolute atomic E-state index is 12.3. The number of nitrogens with one attached hydrogen (secondary N) is 1. The summed E-state index contributed by atoms with van der Waals surface area (Å²) in [5.74, 6) is 0. The van der Waals surface area contributed by atoms with E-state index in [1.54, 1.807) is 18.4 Å². The lowest BCUT2D eigenvalue weighted by Gasteiger charge is -2.19. The van der Waals surface area contributed by atoms with Crippen molar-refractivity contribution in [3.63, 3.8) is 0 Å². The average molecular weight is 475 g/mol. The lowest BCUT2D eigenvalue weighted by Crippen LogP contribution is -2.09. The van der Waals surface area contributed by atoms with Gasteiger partial charge in [0.2, 0.25) is 0 Å². The number of benzene rings is 3. The van der Waals surface area contributed by atoms with Crippen molar-refractivity contribution in [3.05, 3.63) is 89.1 Å². The van der Waals surface area contributed by atoms with Crippen LogP contribution in [0.2, 0.25) is 5.02 Å². The van der Waals surface area contributed by atoms with Crippen LogP contribution in [0, 0.1) is 6.92 Å². The molecule has 0 aliphatic carbocycles. The van der Waals surface area contributed by atoms with Gasteiger partial charge in [0.25, 0.3) is 0 Å². The fourth-order valence-corrected chi connectivity index (χ4v) is 5.23. The van der Waals surface area contributed by atoms with Crippen LogP contribution in [-0.4, -0.2) is 15.4 Å². The molecule has 5 aromatic rings. The molecule has 0 saturated heterocycles. The Kier molecular flexibility index (Phi) is 5.69. The molecule has 0 amide bonds. The molecular formula is C27H23ClN2O2S. The van der Waals surface area contributed by atoms with Crippen molar-refractivity contribution in [1.82, 2.24) is 4.98 Å². The number of hydrogen-bond acceptors (Lipinski definition) is 4. The SMILES string of the molecule is Cc1cc(C(C)Nc2ccc(Cl)cc2S(C)=O)c2oc3c(-c4ccccc4)ccnc3c2c1. The highest BCUT2D eigenvalue weighted by Crippen LogP contribution is 2.39. The van der Waals surface area contributed by atoms with Crippen molar-refractivity contribution in [2.75, 3.05) is 11.6 Å². The molecule has 5 rings (SSSR count). The van der Waals surface area contributed by atoms with Crippen LogP contribution in [0.25, 0.3) is 33.2 Å². The summed E-state index contributed by atoms with van der Waals surface area (Å²) >= 11 is 6.14. The number of furan rings is 1. The molecular weight excluding hydrogens is 452 g/mol. The van der Waals surface area contributed by atoms with Gasteiger partial charge in [0, 0.05) is 34.0 Å². The van der Waals surface area contributed by atoms with Gasteiger partial charge in [-0.2, -0.15) is 0 Å². The predicted octanol–water partition coefficient (Wildman–Crippen LogP) is 7.52. The van der Waals surface area contributed by atoms with Crippen molar-refractivity contribution < 1.29 is 8.63 Å². The Morgan fingerprint density at radius 3 is 2.58 bits per heavy atom. The van der Waals surface area contributed by atoms with Gasteiger partial charge < -0.3 is 9.73 Å². The maximum atomic E-state index is 12.3. The highest BCUT2D eigenvalue weighted by atomic mass is 35.5. The average Bonchev–Trinajstić information content (AvgIpc) is 3.18. The zero-order valence-electron chi connectivity index (χ0n) is 18.6.